The second kappa shape index (κ2) is 9.05. The molecular formula is C16H30N4O2S. The second-order valence-electron chi connectivity index (χ2n) is 7.05. The zero-order valence-corrected chi connectivity index (χ0v) is 15.8. The number of carbonyl (C=O) groups is 1. The predicted octanol–water partition coefficient (Wildman–Crippen LogP) is 2.63. The lowest BCUT2D eigenvalue weighted by atomic mass is 10.00. The molecule has 1 fully saturated rings. The van der Waals surface area contributed by atoms with Crippen LogP contribution in [0.5, 0.6) is 0 Å². The summed E-state index contributed by atoms with van der Waals surface area (Å²) in [5.74, 6) is 0. The minimum atomic E-state index is -0.459. The molecule has 0 aromatic rings. The molecule has 0 spiro atoms. The first-order valence-electron chi connectivity index (χ1n) is 8.17. The van der Waals surface area contributed by atoms with Crippen LogP contribution in [0.4, 0.5) is 4.79 Å². The Hall–Kier alpha value is -1.37. The molecule has 23 heavy (non-hydrogen) atoms. The van der Waals surface area contributed by atoms with Gasteiger partial charge < -0.3 is 19.9 Å². The summed E-state index contributed by atoms with van der Waals surface area (Å²) in [6, 6.07) is 0.201. The number of ether oxygens (including phenoxy) is 1. The molecule has 1 atom stereocenters. The van der Waals surface area contributed by atoms with Crippen molar-refractivity contribution < 1.29 is 9.53 Å². The minimum Gasteiger partial charge on any atom is -0.444 e. The SMILES string of the molecule is CN(C)/C=N\C(=S)NCCC1CCCCN1C(=O)OC(C)(C)C. The van der Waals surface area contributed by atoms with E-state index >= 15 is 0 Å². The highest BCUT2D eigenvalue weighted by molar-refractivity contribution is 7.80. The van der Waals surface area contributed by atoms with Gasteiger partial charge in [0.2, 0.25) is 0 Å². The molecule has 1 aliphatic rings. The van der Waals surface area contributed by atoms with Crippen molar-refractivity contribution in [1.82, 2.24) is 15.1 Å². The first-order chi connectivity index (χ1) is 10.7. The summed E-state index contributed by atoms with van der Waals surface area (Å²) in [7, 11) is 3.79. The predicted molar refractivity (Wildman–Crippen MR) is 98.0 cm³/mol. The zero-order valence-electron chi connectivity index (χ0n) is 15.0. The number of carbonyl (C=O) groups excluding carboxylic acids is 1. The highest BCUT2D eigenvalue weighted by Gasteiger charge is 2.30. The van der Waals surface area contributed by atoms with Gasteiger partial charge in [0, 0.05) is 33.2 Å². The van der Waals surface area contributed by atoms with Crippen molar-refractivity contribution in [3.8, 4) is 0 Å². The monoisotopic (exact) mass is 342 g/mol. The molecule has 6 nitrogen and oxygen atoms in total. The standard InChI is InChI=1S/C16H30N4O2S/c1-16(2,3)22-15(21)20-11-7-6-8-13(20)9-10-17-14(23)18-12-19(4)5/h12-13H,6-11H2,1-5H3,(H,17,23)/b18-12-. The van der Waals surface area contributed by atoms with Crippen molar-refractivity contribution >= 4 is 29.8 Å². The Bertz CT molecular complexity index is 432. The third-order valence-electron chi connectivity index (χ3n) is 3.41. The van der Waals surface area contributed by atoms with Gasteiger partial charge in [-0.2, -0.15) is 0 Å². The smallest absolute Gasteiger partial charge is 0.410 e. The normalized spacial score (nSPS) is 18.8. The lowest BCUT2D eigenvalue weighted by Gasteiger charge is -2.36. The van der Waals surface area contributed by atoms with Crippen LogP contribution >= 0.6 is 12.2 Å². The van der Waals surface area contributed by atoms with Crippen LogP contribution in [0.1, 0.15) is 46.5 Å². The molecule has 1 N–H and O–H groups in total. The number of rotatable bonds is 4. The van der Waals surface area contributed by atoms with Crippen LogP contribution in [0.3, 0.4) is 0 Å². The number of aliphatic imine (C=N–C) groups is 1. The maximum absolute atomic E-state index is 12.3. The van der Waals surface area contributed by atoms with Crippen molar-refractivity contribution in [3.05, 3.63) is 0 Å². The number of likely N-dealkylation sites (tertiary alicyclic amines) is 1. The molecule has 132 valence electrons. The fraction of sp³-hybridized carbons (Fsp3) is 0.812. The highest BCUT2D eigenvalue weighted by Crippen LogP contribution is 2.22. The summed E-state index contributed by atoms with van der Waals surface area (Å²) in [5.41, 5.74) is -0.459. The van der Waals surface area contributed by atoms with E-state index in [0.29, 0.717) is 11.7 Å². The summed E-state index contributed by atoms with van der Waals surface area (Å²) in [6.45, 7) is 7.15. The average Bonchev–Trinajstić information content (AvgIpc) is 2.43. The second-order valence-corrected chi connectivity index (χ2v) is 7.44. The van der Waals surface area contributed by atoms with Crippen LogP contribution in [-0.2, 0) is 4.74 Å². The van der Waals surface area contributed by atoms with Crippen molar-refractivity contribution in [2.45, 2.75) is 58.1 Å². The van der Waals surface area contributed by atoms with Gasteiger partial charge in [0.1, 0.15) is 5.60 Å². The van der Waals surface area contributed by atoms with Crippen LogP contribution in [0, 0.1) is 0 Å². The van der Waals surface area contributed by atoms with E-state index < -0.39 is 5.60 Å². The number of hydrogen-bond donors (Lipinski definition) is 1. The maximum Gasteiger partial charge on any atom is 0.410 e. The molecule has 1 amide bonds. The van der Waals surface area contributed by atoms with Gasteiger partial charge in [-0.3, -0.25) is 0 Å². The number of piperidine rings is 1. The van der Waals surface area contributed by atoms with Gasteiger partial charge in [0.25, 0.3) is 0 Å². The van der Waals surface area contributed by atoms with E-state index in [1.807, 2.05) is 44.7 Å². The van der Waals surface area contributed by atoms with E-state index in [1.165, 1.54) is 0 Å². The van der Waals surface area contributed by atoms with Crippen molar-refractivity contribution in [2.24, 2.45) is 4.99 Å². The lowest BCUT2D eigenvalue weighted by Crippen LogP contribution is -2.47. The molecule has 1 rings (SSSR count). The van der Waals surface area contributed by atoms with Crippen LogP contribution in [0.15, 0.2) is 4.99 Å². The number of nitrogens with zero attached hydrogens (tertiary/aromatic N) is 3. The van der Waals surface area contributed by atoms with Crippen molar-refractivity contribution in [1.29, 1.82) is 0 Å². The van der Waals surface area contributed by atoms with E-state index in [0.717, 1.165) is 32.2 Å². The van der Waals surface area contributed by atoms with E-state index in [4.69, 9.17) is 17.0 Å². The number of nitrogens with one attached hydrogen (secondary N) is 1. The van der Waals surface area contributed by atoms with Gasteiger partial charge in [-0.1, -0.05) is 0 Å². The summed E-state index contributed by atoms with van der Waals surface area (Å²) in [5, 5.41) is 3.59. The molecule has 0 saturated carbocycles. The Morgan fingerprint density at radius 3 is 2.74 bits per heavy atom. The Labute approximate surface area is 145 Å². The van der Waals surface area contributed by atoms with Gasteiger partial charge in [0.05, 0.1) is 6.34 Å². The topological polar surface area (TPSA) is 57.2 Å². The first kappa shape index (κ1) is 19.7. The van der Waals surface area contributed by atoms with Crippen molar-refractivity contribution in [3.63, 3.8) is 0 Å². The fourth-order valence-electron chi connectivity index (χ4n) is 2.42. The molecule has 0 aromatic carbocycles. The molecule has 1 heterocycles. The Kier molecular flexibility index (Phi) is 7.75. The largest absolute Gasteiger partial charge is 0.444 e. The average molecular weight is 343 g/mol. The fourth-order valence-corrected chi connectivity index (χ4v) is 2.57. The van der Waals surface area contributed by atoms with Gasteiger partial charge in [-0.25, -0.2) is 9.79 Å². The molecular weight excluding hydrogens is 312 g/mol. The molecule has 1 unspecified atom stereocenters. The van der Waals surface area contributed by atoms with Gasteiger partial charge in [-0.15, -0.1) is 0 Å². The highest BCUT2D eigenvalue weighted by atomic mass is 32.1. The number of thiocarbonyl (C=S) groups is 1. The van der Waals surface area contributed by atoms with Crippen LogP contribution < -0.4 is 5.32 Å². The number of amides is 1. The number of hydrogen-bond acceptors (Lipinski definition) is 3. The molecule has 0 aliphatic carbocycles. The Morgan fingerprint density at radius 2 is 2.13 bits per heavy atom. The maximum atomic E-state index is 12.3. The van der Waals surface area contributed by atoms with Crippen LogP contribution in [0.25, 0.3) is 0 Å². The molecule has 0 bridgehead atoms. The first-order valence-corrected chi connectivity index (χ1v) is 8.58. The lowest BCUT2D eigenvalue weighted by molar-refractivity contribution is 0.00907. The minimum absolute atomic E-state index is 0.201. The zero-order chi connectivity index (χ0) is 17.5. The Morgan fingerprint density at radius 1 is 1.43 bits per heavy atom. The quantitative estimate of drug-likeness (QED) is 0.483. The summed E-state index contributed by atoms with van der Waals surface area (Å²) < 4.78 is 5.51. The van der Waals surface area contributed by atoms with Gasteiger partial charge in [0.15, 0.2) is 5.11 Å². The van der Waals surface area contributed by atoms with E-state index in [9.17, 15) is 4.79 Å². The third-order valence-corrected chi connectivity index (χ3v) is 3.66. The molecule has 0 aromatic heterocycles. The van der Waals surface area contributed by atoms with E-state index in [-0.39, 0.29) is 12.1 Å². The summed E-state index contributed by atoms with van der Waals surface area (Å²) >= 11 is 5.15. The molecule has 1 aliphatic heterocycles. The van der Waals surface area contributed by atoms with Crippen LogP contribution in [0.2, 0.25) is 0 Å². The van der Waals surface area contributed by atoms with Gasteiger partial charge in [-0.05, 0) is 58.7 Å². The van der Waals surface area contributed by atoms with E-state index in [2.05, 4.69) is 10.3 Å². The molecule has 1 saturated heterocycles. The van der Waals surface area contributed by atoms with Crippen LogP contribution in [-0.4, -0.2) is 66.2 Å². The summed E-state index contributed by atoms with van der Waals surface area (Å²) in [4.78, 5) is 20.1. The van der Waals surface area contributed by atoms with E-state index in [1.54, 1.807) is 6.34 Å². The molecule has 0 radical (unpaired) electrons. The Balaban J connectivity index is 2.46. The summed E-state index contributed by atoms with van der Waals surface area (Å²) in [6.07, 6.45) is 5.49. The third kappa shape index (κ3) is 8.16. The van der Waals surface area contributed by atoms with Gasteiger partial charge >= 0.3 is 6.09 Å². The molecule has 7 heteroatoms. The van der Waals surface area contributed by atoms with Crippen molar-refractivity contribution in [2.75, 3.05) is 27.2 Å².